The number of amides is 2. The molecule has 84 valence electrons. The van der Waals surface area contributed by atoms with E-state index < -0.39 is 0 Å². The summed E-state index contributed by atoms with van der Waals surface area (Å²) in [7, 11) is 0. The summed E-state index contributed by atoms with van der Waals surface area (Å²) in [6, 6.07) is -0.0679. The molecule has 0 saturated carbocycles. The van der Waals surface area contributed by atoms with Gasteiger partial charge in [-0.25, -0.2) is 0 Å². The highest BCUT2D eigenvalue weighted by Gasteiger charge is 2.34. The average Bonchev–Trinajstić information content (AvgIpc) is 2.88. The maximum Gasteiger partial charge on any atom is 0.240 e. The van der Waals surface area contributed by atoms with E-state index in [2.05, 4.69) is 5.32 Å². The van der Waals surface area contributed by atoms with Gasteiger partial charge in [-0.3, -0.25) is 14.9 Å². The third kappa shape index (κ3) is 2.26. The van der Waals surface area contributed by atoms with Crippen LogP contribution in [0.15, 0.2) is 0 Å². The normalized spacial score (nSPS) is 30.8. The Morgan fingerprint density at radius 1 is 1.47 bits per heavy atom. The molecule has 3 N–H and O–H groups in total. The van der Waals surface area contributed by atoms with Gasteiger partial charge in [-0.1, -0.05) is 0 Å². The van der Waals surface area contributed by atoms with Crippen molar-refractivity contribution in [1.29, 1.82) is 0 Å². The molecule has 0 aromatic rings. The molecular formula is C9H15N3O2S. The zero-order valence-electron chi connectivity index (χ0n) is 8.44. The number of hydrogen-bond donors (Lipinski definition) is 2. The van der Waals surface area contributed by atoms with Crippen LogP contribution in [-0.4, -0.2) is 47.5 Å². The van der Waals surface area contributed by atoms with E-state index in [9.17, 15) is 9.59 Å². The van der Waals surface area contributed by atoms with Crippen LogP contribution in [0.3, 0.4) is 0 Å². The van der Waals surface area contributed by atoms with Gasteiger partial charge in [0.25, 0.3) is 0 Å². The van der Waals surface area contributed by atoms with Gasteiger partial charge in [0.1, 0.15) is 0 Å². The quantitative estimate of drug-likeness (QED) is 0.636. The molecule has 2 atom stereocenters. The molecule has 0 aromatic heterocycles. The minimum atomic E-state index is -0.293. The molecule has 6 heteroatoms. The molecular weight excluding hydrogens is 214 g/mol. The van der Waals surface area contributed by atoms with Crippen LogP contribution in [0.25, 0.3) is 0 Å². The molecule has 2 amide bonds. The first-order chi connectivity index (χ1) is 7.18. The lowest BCUT2D eigenvalue weighted by atomic mass is 10.1. The number of likely N-dealkylation sites (tertiary alicyclic amines) is 1. The highest BCUT2D eigenvalue weighted by atomic mass is 32.2. The first-order valence-corrected chi connectivity index (χ1v) is 6.23. The van der Waals surface area contributed by atoms with Crippen molar-refractivity contribution in [1.82, 2.24) is 10.2 Å². The van der Waals surface area contributed by atoms with Gasteiger partial charge in [-0.05, 0) is 6.42 Å². The predicted molar refractivity (Wildman–Crippen MR) is 58.1 cm³/mol. The third-order valence-corrected chi connectivity index (χ3v) is 3.86. The van der Waals surface area contributed by atoms with Crippen molar-refractivity contribution in [3.63, 3.8) is 0 Å². The minimum Gasteiger partial charge on any atom is -0.369 e. The van der Waals surface area contributed by atoms with Crippen molar-refractivity contribution >= 4 is 23.6 Å². The van der Waals surface area contributed by atoms with Crippen LogP contribution < -0.4 is 11.1 Å². The number of nitrogens with zero attached hydrogens (tertiary/aromatic N) is 1. The molecule has 0 radical (unpaired) electrons. The van der Waals surface area contributed by atoms with E-state index in [-0.39, 0.29) is 23.8 Å². The van der Waals surface area contributed by atoms with Crippen LogP contribution >= 0.6 is 11.8 Å². The second-order valence-electron chi connectivity index (χ2n) is 3.94. The van der Waals surface area contributed by atoms with Crippen molar-refractivity contribution in [3.05, 3.63) is 0 Å². The maximum atomic E-state index is 11.9. The lowest BCUT2D eigenvalue weighted by Crippen LogP contribution is -2.44. The lowest BCUT2D eigenvalue weighted by molar-refractivity contribution is -0.131. The van der Waals surface area contributed by atoms with Crippen LogP contribution in [0, 0.1) is 5.92 Å². The SMILES string of the molecule is NC(=O)C1CCN(C(=O)C2CSCN2)C1. The Morgan fingerprint density at radius 3 is 2.80 bits per heavy atom. The number of nitrogens with two attached hydrogens (primary N) is 1. The topological polar surface area (TPSA) is 75.4 Å². The van der Waals surface area contributed by atoms with Gasteiger partial charge >= 0.3 is 0 Å². The number of hydrogen-bond acceptors (Lipinski definition) is 4. The number of thioether (sulfide) groups is 1. The number of primary amides is 1. The first-order valence-electron chi connectivity index (χ1n) is 5.07. The zero-order valence-corrected chi connectivity index (χ0v) is 9.26. The van der Waals surface area contributed by atoms with Crippen molar-refractivity contribution in [3.8, 4) is 0 Å². The number of nitrogens with one attached hydrogen (secondary N) is 1. The van der Waals surface area contributed by atoms with Crippen LogP contribution in [0.4, 0.5) is 0 Å². The molecule has 2 aliphatic rings. The van der Waals surface area contributed by atoms with E-state index >= 15 is 0 Å². The van der Waals surface area contributed by atoms with Crippen molar-refractivity contribution in [2.24, 2.45) is 11.7 Å². The van der Waals surface area contributed by atoms with Gasteiger partial charge in [-0.2, -0.15) is 0 Å². The molecule has 2 saturated heterocycles. The molecule has 2 unspecified atom stereocenters. The van der Waals surface area contributed by atoms with Crippen molar-refractivity contribution in [2.75, 3.05) is 24.7 Å². The van der Waals surface area contributed by atoms with Gasteiger partial charge in [0, 0.05) is 24.7 Å². The second kappa shape index (κ2) is 4.40. The largest absolute Gasteiger partial charge is 0.369 e. The lowest BCUT2D eigenvalue weighted by Gasteiger charge is -2.19. The van der Waals surface area contributed by atoms with E-state index in [1.54, 1.807) is 16.7 Å². The molecule has 2 fully saturated rings. The fourth-order valence-electron chi connectivity index (χ4n) is 1.97. The van der Waals surface area contributed by atoms with Crippen LogP contribution in [-0.2, 0) is 9.59 Å². The summed E-state index contributed by atoms with van der Waals surface area (Å²) >= 11 is 1.73. The second-order valence-corrected chi connectivity index (χ2v) is 4.97. The molecule has 0 bridgehead atoms. The predicted octanol–water partition coefficient (Wildman–Crippen LogP) is -1.02. The van der Waals surface area contributed by atoms with Crippen LogP contribution in [0.2, 0.25) is 0 Å². The highest BCUT2D eigenvalue weighted by molar-refractivity contribution is 7.99. The van der Waals surface area contributed by atoms with Crippen LogP contribution in [0.5, 0.6) is 0 Å². The smallest absolute Gasteiger partial charge is 0.240 e. The summed E-state index contributed by atoms with van der Waals surface area (Å²) < 4.78 is 0. The standard InChI is InChI=1S/C9H15N3O2S/c10-8(13)6-1-2-12(3-6)9(14)7-4-15-5-11-7/h6-7,11H,1-5H2,(H2,10,13). The Hall–Kier alpha value is -0.750. The van der Waals surface area contributed by atoms with E-state index in [4.69, 9.17) is 5.73 Å². The Bertz CT molecular complexity index is 279. The fourth-order valence-corrected chi connectivity index (χ4v) is 2.90. The molecule has 0 spiro atoms. The molecule has 0 aliphatic carbocycles. The van der Waals surface area contributed by atoms with Gasteiger partial charge in [-0.15, -0.1) is 11.8 Å². The minimum absolute atomic E-state index is 0.0679. The molecule has 15 heavy (non-hydrogen) atoms. The molecule has 2 aliphatic heterocycles. The molecule has 2 rings (SSSR count). The van der Waals surface area contributed by atoms with E-state index in [0.29, 0.717) is 19.5 Å². The van der Waals surface area contributed by atoms with Gasteiger partial charge in [0.2, 0.25) is 11.8 Å². The third-order valence-electron chi connectivity index (χ3n) is 2.92. The monoisotopic (exact) mass is 229 g/mol. The number of carbonyl (C=O) groups excluding carboxylic acids is 2. The van der Waals surface area contributed by atoms with Crippen molar-refractivity contribution in [2.45, 2.75) is 12.5 Å². The maximum absolute atomic E-state index is 11.9. The first kappa shape index (κ1) is 10.8. The Labute approximate surface area is 92.7 Å². The highest BCUT2D eigenvalue weighted by Crippen LogP contribution is 2.19. The summed E-state index contributed by atoms with van der Waals surface area (Å²) in [6.45, 7) is 1.16. The average molecular weight is 229 g/mol. The van der Waals surface area contributed by atoms with E-state index in [0.717, 1.165) is 11.6 Å². The van der Waals surface area contributed by atoms with Gasteiger partial charge in [0.05, 0.1) is 12.0 Å². The fraction of sp³-hybridized carbons (Fsp3) is 0.778. The van der Waals surface area contributed by atoms with Gasteiger partial charge in [0.15, 0.2) is 0 Å². The number of carbonyl (C=O) groups is 2. The Balaban J connectivity index is 1.89. The number of rotatable bonds is 2. The zero-order chi connectivity index (χ0) is 10.8. The van der Waals surface area contributed by atoms with Crippen molar-refractivity contribution < 1.29 is 9.59 Å². The summed E-state index contributed by atoms with van der Waals surface area (Å²) in [5, 5.41) is 3.13. The van der Waals surface area contributed by atoms with E-state index in [1.807, 2.05) is 0 Å². The Morgan fingerprint density at radius 2 is 2.27 bits per heavy atom. The summed E-state index contributed by atoms with van der Waals surface area (Å²) in [6.07, 6.45) is 0.709. The Kier molecular flexibility index (Phi) is 3.16. The summed E-state index contributed by atoms with van der Waals surface area (Å²) in [5.41, 5.74) is 5.22. The molecule has 0 aromatic carbocycles. The van der Waals surface area contributed by atoms with E-state index in [1.165, 1.54) is 0 Å². The summed E-state index contributed by atoms with van der Waals surface area (Å²) in [4.78, 5) is 24.6. The molecule has 2 heterocycles. The summed E-state index contributed by atoms with van der Waals surface area (Å²) in [5.74, 6) is 1.34. The van der Waals surface area contributed by atoms with Gasteiger partial charge < -0.3 is 10.6 Å². The molecule has 5 nitrogen and oxygen atoms in total. The van der Waals surface area contributed by atoms with Crippen LogP contribution in [0.1, 0.15) is 6.42 Å².